The van der Waals surface area contributed by atoms with Gasteiger partial charge in [-0.2, -0.15) is 0 Å². The topological polar surface area (TPSA) is 33.1 Å². The summed E-state index contributed by atoms with van der Waals surface area (Å²) in [5, 5.41) is 9.56. The van der Waals surface area contributed by atoms with Crippen LogP contribution in [-0.4, -0.2) is 10.1 Å². The van der Waals surface area contributed by atoms with Gasteiger partial charge in [-0.05, 0) is 13.0 Å². The molecule has 1 N–H and O–H groups in total. The first kappa shape index (κ1) is 10.3. The summed E-state index contributed by atoms with van der Waals surface area (Å²) in [6, 6.07) is 6.59. The maximum atomic E-state index is 13.5. The van der Waals surface area contributed by atoms with Gasteiger partial charge in [-0.1, -0.05) is 18.2 Å². The lowest BCUT2D eigenvalue weighted by Gasteiger charge is -1.99. The van der Waals surface area contributed by atoms with E-state index in [1.807, 2.05) is 6.92 Å². The van der Waals surface area contributed by atoms with E-state index in [1.54, 1.807) is 18.2 Å². The Hall–Kier alpha value is -1.26. The average Bonchev–Trinajstić information content (AvgIpc) is 2.60. The van der Waals surface area contributed by atoms with Crippen LogP contribution < -0.4 is 0 Å². The number of hydrogen-bond donors (Lipinski definition) is 1. The second-order valence-electron chi connectivity index (χ2n) is 3.16. The Bertz CT molecular complexity index is 481. The summed E-state index contributed by atoms with van der Waals surface area (Å²) in [6.45, 7) is 1.72. The lowest BCUT2D eigenvalue weighted by atomic mass is 10.1. The number of hydrogen-bond acceptors (Lipinski definition) is 3. The van der Waals surface area contributed by atoms with Gasteiger partial charge in [0.05, 0.1) is 17.2 Å². The molecule has 0 unspecified atom stereocenters. The molecule has 78 valence electrons. The molecule has 1 heterocycles. The fourth-order valence-corrected chi connectivity index (χ4v) is 2.37. The van der Waals surface area contributed by atoms with Crippen molar-refractivity contribution in [3.63, 3.8) is 0 Å². The van der Waals surface area contributed by atoms with Gasteiger partial charge in [0.1, 0.15) is 10.8 Å². The molecule has 2 aromatic rings. The van der Waals surface area contributed by atoms with E-state index in [2.05, 4.69) is 4.98 Å². The van der Waals surface area contributed by atoms with Gasteiger partial charge in [0, 0.05) is 5.56 Å². The molecule has 0 fully saturated rings. The third-order valence-electron chi connectivity index (χ3n) is 2.09. The minimum Gasteiger partial charge on any atom is -0.389 e. The Morgan fingerprint density at radius 1 is 1.40 bits per heavy atom. The van der Waals surface area contributed by atoms with Crippen molar-refractivity contribution < 1.29 is 9.50 Å². The number of aliphatic hydroxyl groups excluding tert-OH is 1. The quantitative estimate of drug-likeness (QED) is 0.849. The van der Waals surface area contributed by atoms with Crippen LogP contribution in [0.1, 0.15) is 10.7 Å². The van der Waals surface area contributed by atoms with Crippen LogP contribution in [0.15, 0.2) is 24.3 Å². The van der Waals surface area contributed by atoms with Crippen molar-refractivity contribution >= 4 is 11.3 Å². The molecule has 0 atom stereocenters. The van der Waals surface area contributed by atoms with Crippen LogP contribution in [0.5, 0.6) is 0 Å². The largest absolute Gasteiger partial charge is 0.389 e. The number of halogens is 1. The molecule has 0 aliphatic rings. The number of aromatic nitrogens is 1. The molecule has 15 heavy (non-hydrogen) atoms. The maximum Gasteiger partial charge on any atom is 0.131 e. The highest BCUT2D eigenvalue weighted by molar-refractivity contribution is 7.15. The minimum absolute atomic E-state index is 0.0973. The SMILES string of the molecule is Cc1nc(CO)sc1-c1ccccc1F. The zero-order valence-corrected chi connectivity index (χ0v) is 9.01. The highest BCUT2D eigenvalue weighted by Crippen LogP contribution is 2.31. The second kappa shape index (κ2) is 4.08. The standard InChI is InChI=1S/C11H10FNOS/c1-7-11(15-10(6-14)13-7)8-4-2-3-5-9(8)12/h2-5,14H,6H2,1H3. The molecule has 0 saturated heterocycles. The Morgan fingerprint density at radius 2 is 2.13 bits per heavy atom. The molecule has 0 saturated carbocycles. The van der Waals surface area contributed by atoms with Crippen LogP contribution in [-0.2, 0) is 6.61 Å². The van der Waals surface area contributed by atoms with Gasteiger partial charge in [0.25, 0.3) is 0 Å². The van der Waals surface area contributed by atoms with Gasteiger partial charge in [0.2, 0.25) is 0 Å². The molecule has 4 heteroatoms. The smallest absolute Gasteiger partial charge is 0.131 e. The third kappa shape index (κ3) is 1.91. The Morgan fingerprint density at radius 3 is 2.73 bits per heavy atom. The van der Waals surface area contributed by atoms with Crippen LogP contribution in [0.3, 0.4) is 0 Å². The van der Waals surface area contributed by atoms with E-state index >= 15 is 0 Å². The van der Waals surface area contributed by atoms with Gasteiger partial charge in [-0.15, -0.1) is 11.3 Å². The first-order valence-corrected chi connectivity index (χ1v) is 5.36. The van der Waals surface area contributed by atoms with Gasteiger partial charge in [-0.3, -0.25) is 0 Å². The highest BCUT2D eigenvalue weighted by atomic mass is 32.1. The molecule has 0 radical (unpaired) electrons. The van der Waals surface area contributed by atoms with Crippen molar-refractivity contribution in [2.45, 2.75) is 13.5 Å². The Labute approximate surface area is 91.0 Å². The number of thiazole rings is 1. The van der Waals surface area contributed by atoms with E-state index in [0.29, 0.717) is 10.6 Å². The van der Waals surface area contributed by atoms with Crippen molar-refractivity contribution in [2.24, 2.45) is 0 Å². The van der Waals surface area contributed by atoms with Crippen LogP contribution in [0, 0.1) is 12.7 Å². The van der Waals surface area contributed by atoms with Gasteiger partial charge < -0.3 is 5.11 Å². The van der Waals surface area contributed by atoms with Gasteiger partial charge in [-0.25, -0.2) is 9.37 Å². The molecular weight excluding hydrogens is 213 g/mol. The first-order chi connectivity index (χ1) is 7.22. The second-order valence-corrected chi connectivity index (χ2v) is 4.24. The van der Waals surface area contributed by atoms with E-state index in [9.17, 15) is 4.39 Å². The summed E-state index contributed by atoms with van der Waals surface area (Å²) in [4.78, 5) is 4.94. The summed E-state index contributed by atoms with van der Waals surface area (Å²) in [7, 11) is 0. The highest BCUT2D eigenvalue weighted by Gasteiger charge is 2.12. The lowest BCUT2D eigenvalue weighted by molar-refractivity contribution is 0.281. The Balaban J connectivity index is 2.54. The Kier molecular flexibility index (Phi) is 2.79. The molecule has 0 aliphatic heterocycles. The molecular formula is C11H10FNOS. The first-order valence-electron chi connectivity index (χ1n) is 4.54. The van der Waals surface area contributed by atoms with Crippen molar-refractivity contribution in [3.8, 4) is 10.4 Å². The molecule has 2 nitrogen and oxygen atoms in total. The zero-order chi connectivity index (χ0) is 10.8. The van der Waals surface area contributed by atoms with E-state index < -0.39 is 0 Å². The summed E-state index contributed by atoms with van der Waals surface area (Å²) in [6.07, 6.45) is 0. The monoisotopic (exact) mass is 223 g/mol. The maximum absolute atomic E-state index is 13.5. The molecule has 0 bridgehead atoms. The predicted octanol–water partition coefficient (Wildman–Crippen LogP) is 2.75. The predicted molar refractivity (Wildman–Crippen MR) is 58.2 cm³/mol. The van der Waals surface area contributed by atoms with Gasteiger partial charge in [0.15, 0.2) is 0 Å². The molecule has 0 spiro atoms. The molecule has 0 amide bonds. The van der Waals surface area contributed by atoms with Crippen LogP contribution in [0.2, 0.25) is 0 Å². The minimum atomic E-state index is -0.256. The van der Waals surface area contributed by atoms with Crippen molar-refractivity contribution in [2.75, 3.05) is 0 Å². The van der Waals surface area contributed by atoms with E-state index in [1.165, 1.54) is 17.4 Å². The number of aliphatic hydroxyl groups is 1. The zero-order valence-electron chi connectivity index (χ0n) is 8.20. The van der Waals surface area contributed by atoms with Crippen LogP contribution in [0.4, 0.5) is 4.39 Å². The lowest BCUT2D eigenvalue weighted by Crippen LogP contribution is -1.83. The number of nitrogens with zero attached hydrogens (tertiary/aromatic N) is 1. The van der Waals surface area contributed by atoms with E-state index in [4.69, 9.17) is 5.11 Å². The van der Waals surface area contributed by atoms with Crippen molar-refractivity contribution in [1.82, 2.24) is 4.98 Å². The van der Waals surface area contributed by atoms with Crippen LogP contribution >= 0.6 is 11.3 Å². The normalized spacial score (nSPS) is 10.6. The number of rotatable bonds is 2. The summed E-state index contributed by atoms with van der Waals surface area (Å²) < 4.78 is 13.5. The third-order valence-corrected chi connectivity index (χ3v) is 3.27. The van der Waals surface area contributed by atoms with Gasteiger partial charge >= 0.3 is 0 Å². The van der Waals surface area contributed by atoms with E-state index in [-0.39, 0.29) is 12.4 Å². The van der Waals surface area contributed by atoms with Crippen molar-refractivity contribution in [1.29, 1.82) is 0 Å². The summed E-state index contributed by atoms with van der Waals surface area (Å²) in [5.74, 6) is -0.256. The molecule has 2 rings (SSSR count). The molecule has 0 aliphatic carbocycles. The number of aryl methyl sites for hydroxylation is 1. The van der Waals surface area contributed by atoms with Crippen LogP contribution in [0.25, 0.3) is 10.4 Å². The van der Waals surface area contributed by atoms with Crippen molar-refractivity contribution in [3.05, 3.63) is 40.8 Å². The fraction of sp³-hybridized carbons (Fsp3) is 0.182. The fourth-order valence-electron chi connectivity index (χ4n) is 1.42. The van der Waals surface area contributed by atoms with E-state index in [0.717, 1.165) is 10.6 Å². The average molecular weight is 223 g/mol. The summed E-state index contributed by atoms with van der Waals surface area (Å²) in [5.41, 5.74) is 1.31. The number of benzene rings is 1. The molecule has 1 aromatic carbocycles. The molecule has 1 aromatic heterocycles. The summed E-state index contributed by atoms with van der Waals surface area (Å²) >= 11 is 1.33.